The summed E-state index contributed by atoms with van der Waals surface area (Å²) in [6.45, 7) is 3.29. The van der Waals surface area contributed by atoms with Crippen LogP contribution in [0.3, 0.4) is 0 Å². The van der Waals surface area contributed by atoms with Gasteiger partial charge in [-0.05, 0) is 19.1 Å². The van der Waals surface area contributed by atoms with Gasteiger partial charge in [-0.25, -0.2) is 4.98 Å². The summed E-state index contributed by atoms with van der Waals surface area (Å²) in [7, 11) is 2.00. The number of likely N-dealkylation sites (N-methyl/N-ethyl adjacent to an activating group) is 1. The highest BCUT2D eigenvalue weighted by Gasteiger charge is 2.09. The van der Waals surface area contributed by atoms with Gasteiger partial charge in [0, 0.05) is 18.8 Å². The number of aromatic nitrogens is 4. The van der Waals surface area contributed by atoms with E-state index in [4.69, 9.17) is 4.74 Å². The minimum Gasteiger partial charge on any atom is -0.492 e. The molecule has 21 heavy (non-hydrogen) atoms. The summed E-state index contributed by atoms with van der Waals surface area (Å²) in [5.41, 5.74) is 0.918. The third kappa shape index (κ3) is 2.94. The smallest absolute Gasteiger partial charge is 0.254 e. The first-order chi connectivity index (χ1) is 10.2. The third-order valence-corrected chi connectivity index (χ3v) is 3.19. The molecule has 0 aliphatic carbocycles. The van der Waals surface area contributed by atoms with E-state index in [1.54, 1.807) is 4.52 Å². The fraction of sp³-hybridized carbons (Fsp3) is 0.267. The van der Waals surface area contributed by atoms with Crippen LogP contribution >= 0.6 is 0 Å². The summed E-state index contributed by atoms with van der Waals surface area (Å²) < 4.78 is 7.45. The van der Waals surface area contributed by atoms with Gasteiger partial charge in [0.15, 0.2) is 0 Å². The number of anilines is 1. The van der Waals surface area contributed by atoms with Crippen molar-refractivity contribution in [2.45, 2.75) is 6.92 Å². The molecule has 6 heteroatoms. The van der Waals surface area contributed by atoms with Crippen molar-refractivity contribution in [1.29, 1.82) is 0 Å². The molecule has 108 valence electrons. The molecule has 0 saturated carbocycles. The molecule has 1 aromatic carbocycles. The van der Waals surface area contributed by atoms with Crippen molar-refractivity contribution < 1.29 is 4.74 Å². The average Bonchev–Trinajstić information content (AvgIpc) is 2.95. The summed E-state index contributed by atoms with van der Waals surface area (Å²) in [5, 5.41) is 4.21. The van der Waals surface area contributed by atoms with E-state index in [1.807, 2.05) is 50.4 Å². The van der Waals surface area contributed by atoms with Crippen LogP contribution in [0.15, 0.2) is 42.7 Å². The molecule has 0 aliphatic heterocycles. The Morgan fingerprint density at radius 1 is 1.24 bits per heavy atom. The van der Waals surface area contributed by atoms with Gasteiger partial charge in [0.2, 0.25) is 0 Å². The van der Waals surface area contributed by atoms with Crippen molar-refractivity contribution in [3.63, 3.8) is 0 Å². The molecule has 0 N–H and O–H groups in total. The Hall–Kier alpha value is -2.63. The maximum absolute atomic E-state index is 5.72. The van der Waals surface area contributed by atoms with Crippen LogP contribution in [0.2, 0.25) is 0 Å². The average molecular weight is 283 g/mol. The monoisotopic (exact) mass is 283 g/mol. The Morgan fingerprint density at radius 2 is 2.05 bits per heavy atom. The van der Waals surface area contributed by atoms with E-state index in [1.165, 1.54) is 6.33 Å². The fourth-order valence-electron chi connectivity index (χ4n) is 2.11. The van der Waals surface area contributed by atoms with E-state index in [0.717, 1.165) is 23.8 Å². The van der Waals surface area contributed by atoms with Crippen LogP contribution in [-0.4, -0.2) is 39.8 Å². The molecule has 0 saturated heterocycles. The molecule has 0 fully saturated rings. The zero-order valence-electron chi connectivity index (χ0n) is 12.1. The molecule has 3 rings (SSSR count). The van der Waals surface area contributed by atoms with E-state index in [2.05, 4.69) is 20.0 Å². The Balaban J connectivity index is 1.69. The molecule has 0 radical (unpaired) electrons. The van der Waals surface area contributed by atoms with Crippen molar-refractivity contribution in [2.24, 2.45) is 0 Å². The summed E-state index contributed by atoms with van der Waals surface area (Å²) in [6.07, 6.45) is 1.51. The number of aryl methyl sites for hydroxylation is 1. The highest BCUT2D eigenvalue weighted by molar-refractivity contribution is 5.46. The number of nitrogens with zero attached hydrogens (tertiary/aromatic N) is 5. The molecule has 3 aromatic rings. The van der Waals surface area contributed by atoms with Gasteiger partial charge in [-0.3, -0.25) is 0 Å². The lowest BCUT2D eigenvalue weighted by Crippen LogP contribution is -2.26. The molecule has 0 spiro atoms. The van der Waals surface area contributed by atoms with Crippen molar-refractivity contribution in [3.8, 4) is 5.75 Å². The first kappa shape index (κ1) is 13.4. The van der Waals surface area contributed by atoms with Crippen LogP contribution in [0.25, 0.3) is 5.78 Å². The number of para-hydroxylation sites is 1. The predicted octanol–water partition coefficient (Wildman–Crippen LogP) is 1.95. The maximum Gasteiger partial charge on any atom is 0.254 e. The van der Waals surface area contributed by atoms with Gasteiger partial charge in [0.25, 0.3) is 5.78 Å². The molecule has 0 unspecified atom stereocenters. The second kappa shape index (κ2) is 5.78. The summed E-state index contributed by atoms with van der Waals surface area (Å²) in [5.74, 6) is 2.44. The first-order valence-electron chi connectivity index (χ1n) is 6.80. The molecule has 2 aromatic heterocycles. The number of benzene rings is 1. The number of rotatable bonds is 5. The van der Waals surface area contributed by atoms with Gasteiger partial charge in [-0.2, -0.15) is 14.6 Å². The van der Waals surface area contributed by atoms with Crippen molar-refractivity contribution >= 4 is 11.6 Å². The number of ether oxygens (including phenoxy) is 1. The van der Waals surface area contributed by atoms with Gasteiger partial charge >= 0.3 is 0 Å². The first-order valence-corrected chi connectivity index (χ1v) is 6.80. The fourth-order valence-corrected chi connectivity index (χ4v) is 2.11. The van der Waals surface area contributed by atoms with Crippen LogP contribution in [0, 0.1) is 6.92 Å². The zero-order valence-corrected chi connectivity index (χ0v) is 12.1. The van der Waals surface area contributed by atoms with E-state index < -0.39 is 0 Å². The minimum atomic E-state index is 0.595. The SMILES string of the molecule is Cc1cc(N(C)CCOc2ccccc2)n2ncnc2n1. The lowest BCUT2D eigenvalue weighted by Gasteiger charge is -2.20. The second-order valence-electron chi connectivity index (χ2n) is 4.81. The largest absolute Gasteiger partial charge is 0.492 e. The molecular weight excluding hydrogens is 266 g/mol. The van der Waals surface area contributed by atoms with Crippen LogP contribution < -0.4 is 9.64 Å². The zero-order chi connectivity index (χ0) is 14.7. The van der Waals surface area contributed by atoms with Gasteiger partial charge in [0.05, 0.1) is 6.54 Å². The van der Waals surface area contributed by atoms with Crippen molar-refractivity contribution in [3.05, 3.63) is 48.4 Å². The molecule has 2 heterocycles. The van der Waals surface area contributed by atoms with E-state index in [9.17, 15) is 0 Å². The van der Waals surface area contributed by atoms with Crippen LogP contribution in [0.4, 0.5) is 5.82 Å². The van der Waals surface area contributed by atoms with Crippen LogP contribution in [0.1, 0.15) is 5.69 Å². The normalized spacial score (nSPS) is 10.8. The topological polar surface area (TPSA) is 55.6 Å². The molecule has 0 atom stereocenters. The van der Waals surface area contributed by atoms with Gasteiger partial charge in [-0.1, -0.05) is 18.2 Å². The Bertz CT molecular complexity index is 725. The number of hydrogen-bond acceptors (Lipinski definition) is 5. The Morgan fingerprint density at radius 3 is 2.86 bits per heavy atom. The van der Waals surface area contributed by atoms with Crippen LogP contribution in [-0.2, 0) is 0 Å². The van der Waals surface area contributed by atoms with E-state index >= 15 is 0 Å². The Labute approximate surface area is 123 Å². The predicted molar refractivity (Wildman–Crippen MR) is 80.7 cm³/mol. The highest BCUT2D eigenvalue weighted by atomic mass is 16.5. The van der Waals surface area contributed by atoms with Crippen molar-refractivity contribution in [1.82, 2.24) is 19.6 Å². The molecule has 0 amide bonds. The van der Waals surface area contributed by atoms with Gasteiger partial charge < -0.3 is 9.64 Å². The molecule has 0 aliphatic rings. The summed E-state index contributed by atoms with van der Waals surface area (Å²) in [6, 6.07) is 11.8. The van der Waals surface area contributed by atoms with E-state index in [-0.39, 0.29) is 0 Å². The Kier molecular flexibility index (Phi) is 3.68. The maximum atomic E-state index is 5.72. The quantitative estimate of drug-likeness (QED) is 0.716. The lowest BCUT2D eigenvalue weighted by molar-refractivity contribution is 0.325. The molecule has 6 nitrogen and oxygen atoms in total. The van der Waals surface area contributed by atoms with Gasteiger partial charge in [0.1, 0.15) is 24.5 Å². The number of fused-ring (bicyclic) bond motifs is 1. The number of hydrogen-bond donors (Lipinski definition) is 0. The van der Waals surface area contributed by atoms with E-state index in [0.29, 0.717) is 12.4 Å². The highest BCUT2D eigenvalue weighted by Crippen LogP contribution is 2.14. The summed E-state index contributed by atoms with van der Waals surface area (Å²) in [4.78, 5) is 10.6. The second-order valence-corrected chi connectivity index (χ2v) is 4.81. The minimum absolute atomic E-state index is 0.595. The molecular formula is C15H17N5O. The standard InChI is InChI=1S/C15H17N5O/c1-12-10-14(20-15(18-12)16-11-17-20)19(2)8-9-21-13-6-4-3-5-7-13/h3-7,10-11H,8-9H2,1-2H3. The lowest BCUT2D eigenvalue weighted by atomic mass is 10.3. The van der Waals surface area contributed by atoms with Gasteiger partial charge in [-0.15, -0.1) is 0 Å². The summed E-state index contributed by atoms with van der Waals surface area (Å²) >= 11 is 0. The third-order valence-electron chi connectivity index (χ3n) is 3.19. The molecule has 0 bridgehead atoms. The van der Waals surface area contributed by atoms with Crippen LogP contribution in [0.5, 0.6) is 5.75 Å². The van der Waals surface area contributed by atoms with Crippen molar-refractivity contribution in [2.75, 3.05) is 25.1 Å².